The second-order valence-corrected chi connectivity index (χ2v) is 2.96. The number of hydrazine groups is 1. The summed E-state index contributed by atoms with van der Waals surface area (Å²) in [5, 5.41) is 0. The predicted molar refractivity (Wildman–Crippen MR) is 60.9 cm³/mol. The van der Waals surface area contributed by atoms with E-state index in [1.807, 2.05) is 11.5 Å². The Bertz CT molecular complexity index is 402. The number of ether oxygens (including phenoxy) is 2. The van der Waals surface area contributed by atoms with Crippen molar-refractivity contribution < 1.29 is 14.3 Å². The number of carbonyl (C=O) groups is 1. The minimum Gasteiger partial charge on any atom is -0.493 e. The molecule has 0 aromatic heterocycles. The normalized spacial score (nSPS) is 10.2. The van der Waals surface area contributed by atoms with Gasteiger partial charge in [-0.25, -0.2) is 5.84 Å². The van der Waals surface area contributed by atoms with Gasteiger partial charge in [-0.15, -0.1) is 0 Å². The van der Waals surface area contributed by atoms with Gasteiger partial charge >= 0.3 is 0 Å². The van der Waals surface area contributed by atoms with Crippen molar-refractivity contribution in [2.75, 3.05) is 14.2 Å². The van der Waals surface area contributed by atoms with Gasteiger partial charge in [-0.1, -0.05) is 6.07 Å². The molecule has 5 heteroatoms. The molecule has 0 heterocycles. The van der Waals surface area contributed by atoms with E-state index in [-0.39, 0.29) is 5.91 Å². The number of nitrogens with one attached hydrogen (secondary N) is 1. The van der Waals surface area contributed by atoms with E-state index in [0.717, 1.165) is 5.56 Å². The summed E-state index contributed by atoms with van der Waals surface area (Å²) in [6, 6.07) is 5.33. The quantitative estimate of drug-likeness (QED) is 0.340. The van der Waals surface area contributed by atoms with E-state index in [1.54, 1.807) is 32.4 Å². The van der Waals surface area contributed by atoms with Gasteiger partial charge in [-0.05, 0) is 23.8 Å². The van der Waals surface area contributed by atoms with Crippen LogP contribution in [0.15, 0.2) is 24.3 Å². The molecule has 0 fully saturated rings. The van der Waals surface area contributed by atoms with E-state index >= 15 is 0 Å². The summed E-state index contributed by atoms with van der Waals surface area (Å²) in [5.74, 6) is 5.83. The van der Waals surface area contributed by atoms with E-state index in [2.05, 4.69) is 0 Å². The number of methoxy groups -OCH3 is 2. The molecule has 0 radical (unpaired) electrons. The van der Waals surface area contributed by atoms with Crippen molar-refractivity contribution in [2.24, 2.45) is 5.84 Å². The van der Waals surface area contributed by atoms with Crippen molar-refractivity contribution in [2.45, 2.75) is 0 Å². The van der Waals surface area contributed by atoms with E-state index in [0.29, 0.717) is 11.5 Å². The Morgan fingerprint density at radius 2 is 2.00 bits per heavy atom. The monoisotopic (exact) mass is 222 g/mol. The highest BCUT2D eigenvalue weighted by molar-refractivity contribution is 5.91. The predicted octanol–water partition coefficient (Wildman–Crippen LogP) is 0.707. The summed E-state index contributed by atoms with van der Waals surface area (Å²) in [7, 11) is 3.12. The van der Waals surface area contributed by atoms with Gasteiger partial charge in [0.25, 0.3) is 5.91 Å². The van der Waals surface area contributed by atoms with Crippen molar-refractivity contribution in [1.82, 2.24) is 5.43 Å². The molecule has 1 rings (SSSR count). The lowest BCUT2D eigenvalue weighted by Crippen LogP contribution is -2.27. The van der Waals surface area contributed by atoms with Gasteiger partial charge in [0.2, 0.25) is 0 Å². The van der Waals surface area contributed by atoms with Gasteiger partial charge in [-0.3, -0.25) is 10.2 Å². The first-order chi connectivity index (χ1) is 7.71. The zero-order valence-electron chi connectivity index (χ0n) is 9.19. The highest BCUT2D eigenvalue weighted by atomic mass is 16.5. The Labute approximate surface area is 93.8 Å². The Balaban J connectivity index is 2.91. The highest BCUT2D eigenvalue weighted by Crippen LogP contribution is 2.27. The maximum Gasteiger partial charge on any atom is 0.257 e. The molecule has 0 bridgehead atoms. The first-order valence-electron chi connectivity index (χ1n) is 4.62. The van der Waals surface area contributed by atoms with Crippen molar-refractivity contribution in [3.05, 3.63) is 29.8 Å². The lowest BCUT2D eigenvalue weighted by molar-refractivity contribution is -0.116. The maximum atomic E-state index is 10.9. The molecule has 1 aromatic rings. The first kappa shape index (κ1) is 12.1. The molecule has 0 aliphatic heterocycles. The number of carbonyl (C=O) groups excluding carboxylic acids is 1. The van der Waals surface area contributed by atoms with Crippen molar-refractivity contribution >= 4 is 12.0 Å². The van der Waals surface area contributed by atoms with Crippen LogP contribution >= 0.6 is 0 Å². The average molecular weight is 222 g/mol. The Morgan fingerprint density at radius 3 is 2.56 bits per heavy atom. The third-order valence-corrected chi connectivity index (χ3v) is 1.98. The molecule has 16 heavy (non-hydrogen) atoms. The summed E-state index contributed by atoms with van der Waals surface area (Å²) >= 11 is 0. The second-order valence-electron chi connectivity index (χ2n) is 2.96. The molecule has 0 aliphatic carbocycles. The molecule has 5 nitrogen and oxygen atoms in total. The molecule has 1 aromatic carbocycles. The van der Waals surface area contributed by atoms with Gasteiger partial charge in [0.1, 0.15) is 0 Å². The van der Waals surface area contributed by atoms with E-state index < -0.39 is 0 Å². The lowest BCUT2D eigenvalue weighted by Gasteiger charge is -2.07. The van der Waals surface area contributed by atoms with Crippen LogP contribution in [0, 0.1) is 0 Å². The topological polar surface area (TPSA) is 73.6 Å². The third kappa shape index (κ3) is 2.99. The summed E-state index contributed by atoms with van der Waals surface area (Å²) in [6.45, 7) is 0. The maximum absolute atomic E-state index is 10.9. The molecule has 0 unspecified atom stereocenters. The summed E-state index contributed by atoms with van der Waals surface area (Å²) in [6.07, 6.45) is 2.96. The van der Waals surface area contributed by atoms with Crippen molar-refractivity contribution in [1.29, 1.82) is 0 Å². The van der Waals surface area contributed by atoms with Crippen LogP contribution in [0.3, 0.4) is 0 Å². The molecule has 0 atom stereocenters. The Kier molecular flexibility index (Phi) is 4.35. The zero-order chi connectivity index (χ0) is 12.0. The summed E-state index contributed by atoms with van der Waals surface area (Å²) in [4.78, 5) is 10.9. The first-order valence-corrected chi connectivity index (χ1v) is 4.62. The smallest absolute Gasteiger partial charge is 0.257 e. The van der Waals surface area contributed by atoms with Crippen LogP contribution in [0.2, 0.25) is 0 Å². The Morgan fingerprint density at radius 1 is 1.31 bits per heavy atom. The van der Waals surface area contributed by atoms with Gasteiger partial charge in [0.15, 0.2) is 11.5 Å². The molecule has 0 aliphatic rings. The molecule has 0 spiro atoms. The van der Waals surface area contributed by atoms with Crippen molar-refractivity contribution in [3.8, 4) is 11.5 Å². The second kappa shape index (κ2) is 5.77. The van der Waals surface area contributed by atoms with Crippen LogP contribution in [0.5, 0.6) is 11.5 Å². The molecular weight excluding hydrogens is 208 g/mol. The van der Waals surface area contributed by atoms with E-state index in [9.17, 15) is 4.79 Å². The number of amides is 1. The van der Waals surface area contributed by atoms with E-state index in [4.69, 9.17) is 15.3 Å². The molecule has 0 saturated carbocycles. The van der Waals surface area contributed by atoms with Crippen LogP contribution < -0.4 is 20.7 Å². The average Bonchev–Trinajstić information content (AvgIpc) is 2.35. The number of rotatable bonds is 4. The third-order valence-electron chi connectivity index (χ3n) is 1.98. The summed E-state index contributed by atoms with van der Waals surface area (Å²) in [5.41, 5.74) is 2.83. The number of nitrogens with two attached hydrogens (primary N) is 1. The fraction of sp³-hybridized carbons (Fsp3) is 0.182. The minimum absolute atomic E-state index is 0.366. The van der Waals surface area contributed by atoms with Gasteiger partial charge in [-0.2, -0.15) is 0 Å². The SMILES string of the molecule is COc1ccc(/C=C\C(=O)NN)cc1OC. The summed E-state index contributed by atoms with van der Waals surface area (Å²) < 4.78 is 10.2. The van der Waals surface area contributed by atoms with Gasteiger partial charge in [0, 0.05) is 6.08 Å². The molecular formula is C11H14N2O3. The number of hydrogen-bond acceptors (Lipinski definition) is 4. The fourth-order valence-corrected chi connectivity index (χ4v) is 1.18. The molecule has 3 N–H and O–H groups in total. The standard InChI is InChI=1S/C11H14N2O3/c1-15-9-5-3-8(7-10(9)16-2)4-6-11(14)13-12/h3-7H,12H2,1-2H3,(H,13,14)/b6-4-. The van der Waals surface area contributed by atoms with Crippen LogP contribution in [-0.4, -0.2) is 20.1 Å². The number of hydrogen-bond donors (Lipinski definition) is 2. The lowest BCUT2D eigenvalue weighted by atomic mass is 10.2. The molecule has 1 amide bonds. The zero-order valence-corrected chi connectivity index (χ0v) is 9.19. The number of benzene rings is 1. The van der Waals surface area contributed by atoms with E-state index in [1.165, 1.54) is 6.08 Å². The van der Waals surface area contributed by atoms with Crippen LogP contribution in [0.25, 0.3) is 6.08 Å². The van der Waals surface area contributed by atoms with Crippen LogP contribution in [-0.2, 0) is 4.79 Å². The molecule has 0 saturated heterocycles. The van der Waals surface area contributed by atoms with Gasteiger partial charge < -0.3 is 9.47 Å². The van der Waals surface area contributed by atoms with Crippen molar-refractivity contribution in [3.63, 3.8) is 0 Å². The van der Waals surface area contributed by atoms with Crippen LogP contribution in [0.4, 0.5) is 0 Å². The Hall–Kier alpha value is -2.01. The van der Waals surface area contributed by atoms with Gasteiger partial charge in [0.05, 0.1) is 14.2 Å². The molecule has 86 valence electrons. The highest BCUT2D eigenvalue weighted by Gasteiger charge is 2.02. The minimum atomic E-state index is -0.366. The fourth-order valence-electron chi connectivity index (χ4n) is 1.18. The largest absolute Gasteiger partial charge is 0.493 e. The van der Waals surface area contributed by atoms with Crippen LogP contribution in [0.1, 0.15) is 5.56 Å².